The topological polar surface area (TPSA) is 41.6 Å². The van der Waals surface area contributed by atoms with E-state index in [1.165, 1.54) is 0 Å². The summed E-state index contributed by atoms with van der Waals surface area (Å²) in [7, 11) is 1.68. The van der Waals surface area contributed by atoms with Crippen molar-refractivity contribution >= 4 is 5.91 Å². The molecule has 0 aliphatic carbocycles. The number of hydrogen-bond acceptors (Lipinski definition) is 3. The first-order chi connectivity index (χ1) is 9.19. The van der Waals surface area contributed by atoms with E-state index in [0.717, 1.165) is 12.0 Å². The lowest BCUT2D eigenvalue weighted by molar-refractivity contribution is -0.133. The van der Waals surface area contributed by atoms with E-state index in [9.17, 15) is 4.79 Å². The molecule has 0 saturated carbocycles. The Labute approximate surface area is 114 Å². The van der Waals surface area contributed by atoms with Gasteiger partial charge in [0.2, 0.25) is 5.91 Å². The first kappa shape index (κ1) is 14.0. The zero-order valence-electron chi connectivity index (χ0n) is 11.8. The molecule has 4 nitrogen and oxygen atoms in total. The minimum atomic E-state index is -0.234. The molecule has 1 amide bonds. The van der Waals surface area contributed by atoms with Crippen LogP contribution in [0.15, 0.2) is 30.3 Å². The van der Waals surface area contributed by atoms with Crippen LogP contribution in [0, 0.1) is 0 Å². The molecule has 1 aromatic carbocycles. The lowest BCUT2D eigenvalue weighted by Crippen LogP contribution is -2.45. The maximum atomic E-state index is 12.6. The van der Waals surface area contributed by atoms with Crippen molar-refractivity contribution in [3.8, 4) is 0 Å². The Kier molecular flexibility index (Phi) is 4.56. The van der Waals surface area contributed by atoms with Crippen LogP contribution in [0.2, 0.25) is 0 Å². The third-order valence-corrected chi connectivity index (χ3v) is 3.68. The predicted octanol–water partition coefficient (Wildman–Crippen LogP) is 1.93. The van der Waals surface area contributed by atoms with E-state index >= 15 is 0 Å². The van der Waals surface area contributed by atoms with Crippen LogP contribution < -0.4 is 5.32 Å². The number of rotatable bonds is 5. The summed E-state index contributed by atoms with van der Waals surface area (Å²) in [6.45, 7) is 4.69. The zero-order valence-corrected chi connectivity index (χ0v) is 11.8. The van der Waals surface area contributed by atoms with Gasteiger partial charge in [0.25, 0.3) is 0 Å². The normalized spacial score (nSPS) is 24.8. The van der Waals surface area contributed by atoms with Crippen LogP contribution in [0.25, 0.3) is 0 Å². The van der Waals surface area contributed by atoms with Crippen molar-refractivity contribution in [2.75, 3.05) is 13.7 Å². The second-order valence-corrected chi connectivity index (χ2v) is 4.95. The molecule has 1 saturated heterocycles. The number of amides is 1. The third kappa shape index (κ3) is 2.80. The Morgan fingerprint density at radius 2 is 2.05 bits per heavy atom. The summed E-state index contributed by atoms with van der Waals surface area (Å²) >= 11 is 0. The number of carbonyl (C=O) groups is 1. The molecule has 2 rings (SSSR count). The fraction of sp³-hybridized carbons (Fsp3) is 0.533. The van der Waals surface area contributed by atoms with E-state index in [1.807, 2.05) is 42.2 Å². The van der Waals surface area contributed by atoms with Crippen molar-refractivity contribution in [1.29, 1.82) is 0 Å². The smallest absolute Gasteiger partial charge is 0.245 e. The largest absolute Gasteiger partial charge is 0.383 e. The number of nitrogens with one attached hydrogen (secondary N) is 1. The maximum absolute atomic E-state index is 12.6. The van der Waals surface area contributed by atoms with Crippen LogP contribution >= 0.6 is 0 Å². The summed E-state index contributed by atoms with van der Waals surface area (Å²) in [5.74, 6) is 0.141. The molecule has 4 heteroatoms. The molecule has 1 aliphatic rings. The Hall–Kier alpha value is -1.39. The summed E-state index contributed by atoms with van der Waals surface area (Å²) in [5.41, 5.74) is 1.02. The SMILES string of the molecule is CCC(COC)N1C(=O)C(c2ccccc2)NC1C. The molecule has 1 aliphatic heterocycles. The van der Waals surface area contributed by atoms with E-state index in [1.54, 1.807) is 7.11 Å². The van der Waals surface area contributed by atoms with Crippen LogP contribution in [0.5, 0.6) is 0 Å². The van der Waals surface area contributed by atoms with Crippen LogP contribution in [-0.2, 0) is 9.53 Å². The van der Waals surface area contributed by atoms with Gasteiger partial charge < -0.3 is 9.64 Å². The quantitative estimate of drug-likeness (QED) is 0.881. The van der Waals surface area contributed by atoms with Crippen LogP contribution in [0.1, 0.15) is 31.9 Å². The molecule has 1 aromatic rings. The zero-order chi connectivity index (χ0) is 13.8. The molecule has 0 radical (unpaired) electrons. The molecule has 0 aromatic heterocycles. The summed E-state index contributed by atoms with van der Waals surface area (Å²) in [4.78, 5) is 14.5. The van der Waals surface area contributed by atoms with Gasteiger partial charge in [0.05, 0.1) is 18.8 Å². The average Bonchev–Trinajstić information content (AvgIpc) is 2.73. The molecular weight excluding hydrogens is 240 g/mol. The van der Waals surface area contributed by atoms with E-state index in [4.69, 9.17) is 4.74 Å². The highest BCUT2D eigenvalue weighted by Gasteiger charge is 2.40. The summed E-state index contributed by atoms with van der Waals surface area (Å²) in [6.07, 6.45) is 0.936. The minimum Gasteiger partial charge on any atom is -0.383 e. The molecule has 104 valence electrons. The van der Waals surface area contributed by atoms with Crippen molar-refractivity contribution < 1.29 is 9.53 Å². The number of hydrogen-bond donors (Lipinski definition) is 1. The van der Waals surface area contributed by atoms with Crippen molar-refractivity contribution in [1.82, 2.24) is 10.2 Å². The number of carbonyl (C=O) groups excluding carboxylic acids is 1. The van der Waals surface area contributed by atoms with Gasteiger partial charge in [-0.2, -0.15) is 0 Å². The van der Waals surface area contributed by atoms with E-state index < -0.39 is 0 Å². The highest BCUT2D eigenvalue weighted by Crippen LogP contribution is 2.26. The Balaban J connectivity index is 2.18. The summed E-state index contributed by atoms with van der Waals surface area (Å²) in [6, 6.07) is 9.76. The van der Waals surface area contributed by atoms with E-state index in [0.29, 0.717) is 6.61 Å². The molecule has 3 unspecified atom stereocenters. The molecule has 1 N–H and O–H groups in total. The van der Waals surface area contributed by atoms with Gasteiger partial charge in [0.15, 0.2) is 0 Å². The molecule has 3 atom stereocenters. The molecule has 0 spiro atoms. The average molecular weight is 262 g/mol. The second kappa shape index (κ2) is 6.17. The number of methoxy groups -OCH3 is 1. The van der Waals surface area contributed by atoms with Crippen LogP contribution in [0.4, 0.5) is 0 Å². The van der Waals surface area contributed by atoms with Gasteiger partial charge >= 0.3 is 0 Å². The molecule has 0 bridgehead atoms. The van der Waals surface area contributed by atoms with Crippen molar-refractivity contribution in [2.45, 2.75) is 38.5 Å². The van der Waals surface area contributed by atoms with Crippen LogP contribution in [-0.4, -0.2) is 36.7 Å². The standard InChI is InChI=1S/C15H22N2O2/c1-4-13(10-19-3)17-11(2)16-14(15(17)18)12-8-6-5-7-9-12/h5-9,11,13-14,16H,4,10H2,1-3H3. The fourth-order valence-corrected chi connectivity index (χ4v) is 2.70. The molecule has 1 heterocycles. The number of benzene rings is 1. The number of nitrogens with zero attached hydrogens (tertiary/aromatic N) is 1. The Bertz CT molecular complexity index is 421. The lowest BCUT2D eigenvalue weighted by Gasteiger charge is -2.29. The van der Waals surface area contributed by atoms with Crippen molar-refractivity contribution in [3.05, 3.63) is 35.9 Å². The molecule has 19 heavy (non-hydrogen) atoms. The van der Waals surface area contributed by atoms with Gasteiger partial charge in [-0.25, -0.2) is 0 Å². The van der Waals surface area contributed by atoms with E-state index in [2.05, 4.69) is 12.2 Å². The van der Waals surface area contributed by atoms with Crippen molar-refractivity contribution in [3.63, 3.8) is 0 Å². The summed E-state index contributed by atoms with van der Waals surface area (Å²) < 4.78 is 5.22. The number of ether oxygens (including phenoxy) is 1. The van der Waals surface area contributed by atoms with Gasteiger partial charge in [-0.3, -0.25) is 10.1 Å². The first-order valence-corrected chi connectivity index (χ1v) is 6.81. The Morgan fingerprint density at radius 3 is 2.63 bits per heavy atom. The highest BCUT2D eigenvalue weighted by atomic mass is 16.5. The van der Waals surface area contributed by atoms with E-state index in [-0.39, 0.29) is 24.2 Å². The molecular formula is C15H22N2O2. The monoisotopic (exact) mass is 262 g/mol. The lowest BCUT2D eigenvalue weighted by atomic mass is 10.1. The minimum absolute atomic E-state index is 0.0396. The maximum Gasteiger partial charge on any atom is 0.245 e. The third-order valence-electron chi connectivity index (χ3n) is 3.68. The van der Waals surface area contributed by atoms with Gasteiger partial charge in [-0.15, -0.1) is 0 Å². The van der Waals surface area contributed by atoms with Gasteiger partial charge in [0, 0.05) is 7.11 Å². The predicted molar refractivity (Wildman–Crippen MR) is 74.6 cm³/mol. The molecule has 1 fully saturated rings. The first-order valence-electron chi connectivity index (χ1n) is 6.81. The van der Waals surface area contributed by atoms with Crippen molar-refractivity contribution in [2.24, 2.45) is 0 Å². The summed E-state index contributed by atoms with van der Waals surface area (Å²) in [5, 5.41) is 3.36. The van der Waals surface area contributed by atoms with Gasteiger partial charge in [-0.05, 0) is 18.9 Å². The Morgan fingerprint density at radius 1 is 1.37 bits per heavy atom. The highest BCUT2D eigenvalue weighted by molar-refractivity contribution is 5.86. The van der Waals surface area contributed by atoms with Crippen LogP contribution in [0.3, 0.4) is 0 Å². The van der Waals surface area contributed by atoms with Gasteiger partial charge in [0.1, 0.15) is 6.04 Å². The fourth-order valence-electron chi connectivity index (χ4n) is 2.70. The van der Waals surface area contributed by atoms with Gasteiger partial charge in [-0.1, -0.05) is 37.3 Å². The second-order valence-electron chi connectivity index (χ2n) is 4.95.